The minimum absolute atomic E-state index is 0.0166. The van der Waals surface area contributed by atoms with E-state index in [1.807, 2.05) is 45.9 Å². The summed E-state index contributed by atoms with van der Waals surface area (Å²) >= 11 is 5.26. The molecule has 0 aliphatic heterocycles. The van der Waals surface area contributed by atoms with Gasteiger partial charge in [0.2, 0.25) is 0 Å². The highest BCUT2D eigenvalue weighted by molar-refractivity contribution is 7.92. The van der Waals surface area contributed by atoms with Crippen LogP contribution in [0.25, 0.3) is 0 Å². The van der Waals surface area contributed by atoms with Crippen molar-refractivity contribution in [1.82, 2.24) is 4.72 Å². The number of benzene rings is 2. The van der Waals surface area contributed by atoms with Crippen LogP contribution in [0.15, 0.2) is 41.3 Å². The van der Waals surface area contributed by atoms with Crippen LogP contribution in [-0.2, 0) is 10.0 Å². The Labute approximate surface area is 185 Å². The molecule has 0 heterocycles. The monoisotopic (exact) mass is 443 g/mol. The summed E-state index contributed by atoms with van der Waals surface area (Å²) in [7, 11) is -3.89. The predicted molar refractivity (Wildman–Crippen MR) is 126 cm³/mol. The summed E-state index contributed by atoms with van der Waals surface area (Å²) in [5.41, 5.74) is 3.82. The molecule has 0 atom stereocenters. The zero-order valence-electron chi connectivity index (χ0n) is 18.3. The van der Waals surface area contributed by atoms with Crippen LogP contribution in [0, 0.1) is 11.3 Å². The second-order valence-corrected chi connectivity index (χ2v) is 10.3. The maximum atomic E-state index is 13.4. The van der Waals surface area contributed by atoms with E-state index < -0.39 is 10.0 Å². The van der Waals surface area contributed by atoms with E-state index in [-0.39, 0.29) is 16.9 Å². The van der Waals surface area contributed by atoms with Gasteiger partial charge in [0.25, 0.3) is 10.0 Å². The molecule has 0 spiro atoms. The van der Waals surface area contributed by atoms with Gasteiger partial charge in [0.1, 0.15) is 0 Å². The first kappa shape index (κ1) is 23.8. The van der Waals surface area contributed by atoms with Crippen molar-refractivity contribution in [2.24, 2.45) is 0 Å². The Balaban J connectivity index is 2.44. The number of hydrogen-bond donors (Lipinski definition) is 2. The Morgan fingerprint density at radius 3 is 1.83 bits per heavy atom. The fraction of sp³-hybridized carbons (Fsp3) is 0.391. The Hall–Kier alpha value is -2.43. The zero-order valence-corrected chi connectivity index (χ0v) is 19.9. The highest BCUT2D eigenvalue weighted by Gasteiger charge is 2.27. The van der Waals surface area contributed by atoms with Crippen molar-refractivity contribution in [1.29, 1.82) is 5.26 Å². The second-order valence-electron chi connectivity index (χ2n) is 8.24. The molecule has 0 amide bonds. The van der Waals surface area contributed by atoms with E-state index in [1.165, 1.54) is 0 Å². The number of hydrogen-bond acceptors (Lipinski definition) is 4. The van der Waals surface area contributed by atoms with Crippen LogP contribution in [0.3, 0.4) is 0 Å². The SMILES string of the molecule is CC(C)c1cc(C(C)C)c(S(=O)(=O)NC(=S)Nc2ccc(C#N)cc2)c(C(C)C)c1. The Morgan fingerprint density at radius 2 is 1.43 bits per heavy atom. The van der Waals surface area contributed by atoms with Gasteiger partial charge in [-0.3, -0.25) is 4.72 Å². The molecule has 5 nitrogen and oxygen atoms in total. The van der Waals surface area contributed by atoms with E-state index in [2.05, 4.69) is 23.9 Å². The van der Waals surface area contributed by atoms with Gasteiger partial charge in [-0.2, -0.15) is 5.26 Å². The molecule has 0 unspecified atom stereocenters. The van der Waals surface area contributed by atoms with Crippen LogP contribution in [0.2, 0.25) is 0 Å². The van der Waals surface area contributed by atoms with Gasteiger partial charge in [0.05, 0.1) is 16.5 Å². The van der Waals surface area contributed by atoms with E-state index in [0.717, 1.165) is 16.7 Å². The molecule has 0 saturated heterocycles. The third-order valence-electron chi connectivity index (χ3n) is 4.85. The summed E-state index contributed by atoms with van der Waals surface area (Å²) in [6.45, 7) is 12.2. The minimum atomic E-state index is -3.89. The van der Waals surface area contributed by atoms with Gasteiger partial charge in [0, 0.05) is 5.69 Å². The lowest BCUT2D eigenvalue weighted by Gasteiger charge is -2.23. The normalized spacial score (nSPS) is 11.6. The summed E-state index contributed by atoms with van der Waals surface area (Å²) < 4.78 is 29.3. The molecule has 2 rings (SSSR count). The Kier molecular flexibility index (Phi) is 7.62. The molecule has 0 aromatic heterocycles. The molecule has 160 valence electrons. The first-order chi connectivity index (χ1) is 14.0. The lowest BCUT2D eigenvalue weighted by atomic mass is 9.89. The summed E-state index contributed by atoms with van der Waals surface area (Å²) in [4.78, 5) is 0.306. The molecule has 2 N–H and O–H groups in total. The largest absolute Gasteiger partial charge is 0.332 e. The highest BCUT2D eigenvalue weighted by Crippen LogP contribution is 2.35. The van der Waals surface area contributed by atoms with Crippen LogP contribution in [0.5, 0.6) is 0 Å². The number of nitriles is 1. The van der Waals surface area contributed by atoms with Gasteiger partial charge in [-0.15, -0.1) is 0 Å². The third-order valence-corrected chi connectivity index (χ3v) is 6.66. The van der Waals surface area contributed by atoms with E-state index >= 15 is 0 Å². The second kappa shape index (κ2) is 9.59. The fourth-order valence-electron chi connectivity index (χ4n) is 3.16. The molecule has 0 aliphatic rings. The van der Waals surface area contributed by atoms with Crippen molar-refractivity contribution >= 4 is 33.0 Å². The van der Waals surface area contributed by atoms with Crippen LogP contribution >= 0.6 is 12.2 Å². The number of nitrogens with zero attached hydrogens (tertiary/aromatic N) is 1. The van der Waals surface area contributed by atoms with Crippen molar-refractivity contribution in [3.63, 3.8) is 0 Å². The van der Waals surface area contributed by atoms with E-state index in [4.69, 9.17) is 17.5 Å². The molecule has 0 saturated carbocycles. The maximum absolute atomic E-state index is 13.4. The average molecular weight is 444 g/mol. The lowest BCUT2D eigenvalue weighted by Crippen LogP contribution is -2.35. The Bertz CT molecular complexity index is 1040. The topological polar surface area (TPSA) is 82.0 Å². The summed E-state index contributed by atoms with van der Waals surface area (Å²) in [6, 6.07) is 12.7. The number of thiocarbonyl (C=S) groups is 1. The standard InChI is InChI=1S/C23H29N3O2S2/c1-14(2)18-11-20(15(3)4)22(21(12-18)16(5)6)30(27,28)26-23(29)25-19-9-7-17(13-24)8-10-19/h7-12,14-16H,1-6H3,(H2,25,26,29). The number of sulfonamides is 1. The molecular weight excluding hydrogens is 414 g/mol. The van der Waals surface area contributed by atoms with Gasteiger partial charge >= 0.3 is 0 Å². The molecule has 0 bridgehead atoms. The van der Waals surface area contributed by atoms with Crippen molar-refractivity contribution < 1.29 is 8.42 Å². The summed E-state index contributed by atoms with van der Waals surface area (Å²) in [5.74, 6) is 0.365. The summed E-state index contributed by atoms with van der Waals surface area (Å²) in [5, 5.41) is 11.8. The fourth-order valence-corrected chi connectivity index (χ4v) is 5.21. The average Bonchev–Trinajstić information content (AvgIpc) is 2.66. The smallest absolute Gasteiger partial charge is 0.264 e. The quantitative estimate of drug-likeness (QED) is 0.568. The molecule has 2 aromatic rings. The van der Waals surface area contributed by atoms with Crippen LogP contribution in [0.4, 0.5) is 5.69 Å². The predicted octanol–water partition coefficient (Wildman–Crippen LogP) is 5.60. The minimum Gasteiger partial charge on any atom is -0.332 e. The van der Waals surface area contributed by atoms with Crippen LogP contribution < -0.4 is 10.0 Å². The van der Waals surface area contributed by atoms with Crippen molar-refractivity contribution in [2.45, 2.75) is 64.2 Å². The molecular formula is C23H29N3O2S2. The number of rotatable bonds is 6. The van der Waals surface area contributed by atoms with Gasteiger partial charge in [-0.1, -0.05) is 53.7 Å². The van der Waals surface area contributed by atoms with Crippen LogP contribution in [0.1, 0.15) is 81.5 Å². The number of nitrogens with one attached hydrogen (secondary N) is 2. The first-order valence-electron chi connectivity index (χ1n) is 9.98. The molecule has 0 radical (unpaired) electrons. The van der Waals surface area contributed by atoms with Gasteiger partial charge in [0.15, 0.2) is 5.11 Å². The van der Waals surface area contributed by atoms with Crippen molar-refractivity contribution in [3.8, 4) is 6.07 Å². The lowest BCUT2D eigenvalue weighted by molar-refractivity contribution is 0.587. The van der Waals surface area contributed by atoms with Crippen molar-refractivity contribution in [2.75, 3.05) is 5.32 Å². The van der Waals surface area contributed by atoms with E-state index in [1.54, 1.807) is 24.3 Å². The van der Waals surface area contributed by atoms with E-state index in [9.17, 15) is 8.42 Å². The van der Waals surface area contributed by atoms with Gasteiger partial charge < -0.3 is 5.32 Å². The molecule has 0 fully saturated rings. The maximum Gasteiger partial charge on any atom is 0.264 e. The molecule has 0 aliphatic carbocycles. The zero-order chi connectivity index (χ0) is 22.6. The summed E-state index contributed by atoms with van der Waals surface area (Å²) in [6.07, 6.45) is 0. The van der Waals surface area contributed by atoms with Crippen LogP contribution in [-0.4, -0.2) is 13.5 Å². The molecule has 2 aromatic carbocycles. The third kappa shape index (κ3) is 5.59. The van der Waals surface area contributed by atoms with E-state index in [0.29, 0.717) is 22.1 Å². The van der Waals surface area contributed by atoms with Gasteiger partial charge in [-0.05, 0) is 70.9 Å². The highest BCUT2D eigenvalue weighted by atomic mass is 32.2. The molecule has 7 heteroatoms. The molecule has 30 heavy (non-hydrogen) atoms. The Morgan fingerprint density at radius 1 is 0.933 bits per heavy atom. The number of anilines is 1. The van der Waals surface area contributed by atoms with Crippen molar-refractivity contribution in [3.05, 3.63) is 58.7 Å². The first-order valence-corrected chi connectivity index (χ1v) is 11.9. The van der Waals surface area contributed by atoms with Gasteiger partial charge in [-0.25, -0.2) is 8.42 Å².